The lowest BCUT2D eigenvalue weighted by Crippen LogP contribution is -2.54. The molecule has 1 aliphatic heterocycles. The maximum atomic E-state index is 11.9. The minimum absolute atomic E-state index is 0.112. The molecule has 0 saturated carbocycles. The van der Waals surface area contributed by atoms with Gasteiger partial charge >= 0.3 is 5.97 Å². The molecule has 0 radical (unpaired) electrons. The fourth-order valence-electron chi connectivity index (χ4n) is 3.53. The molecule has 0 spiro atoms. The van der Waals surface area contributed by atoms with Crippen LogP contribution in [0, 0.1) is 13.8 Å². The van der Waals surface area contributed by atoms with Crippen molar-refractivity contribution in [1.82, 2.24) is 0 Å². The van der Waals surface area contributed by atoms with Gasteiger partial charge in [-0.15, -0.1) is 0 Å². The van der Waals surface area contributed by atoms with Gasteiger partial charge in [0.15, 0.2) is 6.54 Å². The number of methoxy groups -OCH3 is 1. The van der Waals surface area contributed by atoms with Gasteiger partial charge in [-0.3, -0.25) is 0 Å². The first-order chi connectivity index (χ1) is 11.1. The van der Waals surface area contributed by atoms with Crippen LogP contribution in [0.25, 0.3) is 0 Å². The van der Waals surface area contributed by atoms with Gasteiger partial charge in [0.2, 0.25) is 0 Å². The number of benzene rings is 1. The molecule has 4 heteroatoms. The molecule has 0 bridgehead atoms. The molecule has 0 amide bonds. The summed E-state index contributed by atoms with van der Waals surface area (Å²) in [5.41, 5.74) is 2.33. The van der Waals surface area contributed by atoms with Crippen molar-refractivity contribution in [2.75, 3.05) is 39.9 Å². The lowest BCUT2D eigenvalue weighted by Gasteiger charge is -2.36. The quantitative estimate of drug-likeness (QED) is 0.596. The van der Waals surface area contributed by atoms with Crippen molar-refractivity contribution < 1.29 is 18.8 Å². The number of rotatable bonds is 6. The molecule has 0 unspecified atom stereocenters. The number of likely N-dealkylation sites (tertiary alicyclic amines) is 1. The van der Waals surface area contributed by atoms with Gasteiger partial charge in [-0.25, -0.2) is 4.79 Å². The van der Waals surface area contributed by atoms with Crippen LogP contribution in [-0.2, 0) is 9.53 Å². The molecule has 1 aromatic rings. The zero-order chi connectivity index (χ0) is 16.7. The fraction of sp³-hybridized carbons (Fsp3) is 0.632. The second kappa shape index (κ2) is 8.34. The lowest BCUT2D eigenvalue weighted by molar-refractivity contribution is -0.920. The summed E-state index contributed by atoms with van der Waals surface area (Å²) in [6.07, 6.45) is 4.89. The molecule has 128 valence electrons. The van der Waals surface area contributed by atoms with Gasteiger partial charge < -0.3 is 14.0 Å². The van der Waals surface area contributed by atoms with Crippen LogP contribution in [0.3, 0.4) is 0 Å². The highest BCUT2D eigenvalue weighted by atomic mass is 16.5. The second-order valence-corrected chi connectivity index (χ2v) is 6.73. The molecule has 1 fully saturated rings. The minimum Gasteiger partial charge on any atom is -0.487 e. The molecule has 0 aliphatic carbocycles. The Balaban J connectivity index is 2.01. The molecule has 1 aromatic carbocycles. The Bertz CT molecular complexity index is 499. The number of aryl methyl sites for hydroxylation is 2. The highest BCUT2D eigenvalue weighted by Gasteiger charge is 2.32. The average Bonchev–Trinajstić information content (AvgIpc) is 2.76. The molecular formula is C19H30NO3+. The molecule has 4 nitrogen and oxygen atoms in total. The molecule has 1 heterocycles. The topological polar surface area (TPSA) is 35.5 Å². The predicted molar refractivity (Wildman–Crippen MR) is 91.6 cm³/mol. The van der Waals surface area contributed by atoms with Gasteiger partial charge in [0.25, 0.3) is 0 Å². The smallest absolute Gasteiger partial charge is 0.361 e. The highest BCUT2D eigenvalue weighted by molar-refractivity contribution is 5.70. The van der Waals surface area contributed by atoms with Crippen LogP contribution in [0.5, 0.6) is 5.75 Å². The van der Waals surface area contributed by atoms with Crippen molar-refractivity contribution in [3.05, 3.63) is 29.3 Å². The number of quaternary nitrogens is 1. The summed E-state index contributed by atoms with van der Waals surface area (Å²) in [7, 11) is 1.48. The van der Waals surface area contributed by atoms with E-state index in [0.717, 1.165) is 29.9 Å². The average molecular weight is 320 g/mol. The molecule has 1 aliphatic rings. The summed E-state index contributed by atoms with van der Waals surface area (Å²) in [6, 6.07) is 6.21. The Hall–Kier alpha value is -1.55. The maximum Gasteiger partial charge on any atom is 0.361 e. The Morgan fingerprint density at radius 1 is 1.09 bits per heavy atom. The maximum absolute atomic E-state index is 11.9. The zero-order valence-electron chi connectivity index (χ0n) is 14.8. The van der Waals surface area contributed by atoms with E-state index < -0.39 is 0 Å². The van der Waals surface area contributed by atoms with Crippen LogP contribution in [0.1, 0.15) is 36.8 Å². The molecule has 2 rings (SSSR count). The Morgan fingerprint density at radius 2 is 1.70 bits per heavy atom. The van der Waals surface area contributed by atoms with E-state index in [-0.39, 0.29) is 5.97 Å². The minimum atomic E-state index is -0.112. The summed E-state index contributed by atoms with van der Waals surface area (Å²) in [5, 5.41) is 0. The number of carbonyl (C=O) groups is 1. The van der Waals surface area contributed by atoms with E-state index in [1.54, 1.807) is 0 Å². The van der Waals surface area contributed by atoms with E-state index in [1.807, 2.05) is 0 Å². The highest BCUT2D eigenvalue weighted by Crippen LogP contribution is 2.23. The number of hydrogen-bond acceptors (Lipinski definition) is 3. The first-order valence-electron chi connectivity index (χ1n) is 8.67. The summed E-state index contributed by atoms with van der Waals surface area (Å²) >= 11 is 0. The zero-order valence-corrected chi connectivity index (χ0v) is 14.8. The molecule has 0 aromatic heterocycles. The van der Waals surface area contributed by atoms with Gasteiger partial charge in [-0.2, -0.15) is 0 Å². The molecule has 0 N–H and O–H groups in total. The van der Waals surface area contributed by atoms with Crippen LogP contribution in [0.15, 0.2) is 18.2 Å². The van der Waals surface area contributed by atoms with Crippen molar-refractivity contribution in [1.29, 1.82) is 0 Å². The van der Waals surface area contributed by atoms with Gasteiger partial charge in [0.1, 0.15) is 18.9 Å². The number of carbonyl (C=O) groups excluding carboxylic acids is 1. The monoisotopic (exact) mass is 320 g/mol. The molecule has 0 atom stereocenters. The second-order valence-electron chi connectivity index (χ2n) is 6.73. The third-order valence-corrected chi connectivity index (χ3v) is 4.93. The first-order valence-corrected chi connectivity index (χ1v) is 8.67. The fourth-order valence-corrected chi connectivity index (χ4v) is 3.53. The first kappa shape index (κ1) is 17.8. The van der Waals surface area contributed by atoms with E-state index in [9.17, 15) is 4.79 Å². The van der Waals surface area contributed by atoms with Crippen LogP contribution in [0.2, 0.25) is 0 Å². The van der Waals surface area contributed by atoms with E-state index in [2.05, 4.69) is 32.0 Å². The largest absolute Gasteiger partial charge is 0.487 e. The number of hydrogen-bond donors (Lipinski definition) is 0. The van der Waals surface area contributed by atoms with E-state index in [4.69, 9.17) is 9.47 Å². The standard InChI is InChI=1S/C19H30NO3/c1-16-9-8-10-17(2)19(16)23-14-13-20(15-18(21)22-3)11-6-4-5-7-12-20/h8-10H,4-7,11-15H2,1-3H3/q+1. The van der Waals surface area contributed by atoms with E-state index in [0.29, 0.717) is 13.2 Å². The summed E-state index contributed by atoms with van der Waals surface area (Å²) in [6.45, 7) is 8.22. The number of para-hydroxylation sites is 1. The molecular weight excluding hydrogens is 290 g/mol. The Labute approximate surface area is 140 Å². The van der Waals surface area contributed by atoms with E-state index in [1.165, 1.54) is 43.9 Å². The van der Waals surface area contributed by atoms with Gasteiger partial charge in [-0.1, -0.05) is 18.2 Å². The third kappa shape index (κ3) is 4.96. The molecule has 1 saturated heterocycles. The van der Waals surface area contributed by atoms with Crippen molar-refractivity contribution in [2.24, 2.45) is 0 Å². The van der Waals surface area contributed by atoms with Crippen molar-refractivity contribution >= 4 is 5.97 Å². The number of esters is 1. The number of nitrogens with zero attached hydrogens (tertiary/aromatic N) is 1. The van der Waals surface area contributed by atoms with Gasteiger partial charge in [0, 0.05) is 0 Å². The lowest BCUT2D eigenvalue weighted by atomic mass is 10.1. The van der Waals surface area contributed by atoms with E-state index >= 15 is 0 Å². The van der Waals surface area contributed by atoms with Crippen LogP contribution >= 0.6 is 0 Å². The SMILES string of the molecule is COC(=O)C[N+]1(CCOc2c(C)cccc2C)CCCCCC1. The van der Waals surface area contributed by atoms with Gasteiger partial charge in [-0.05, 0) is 50.7 Å². The summed E-state index contributed by atoms with van der Waals surface area (Å²) in [5.74, 6) is 0.873. The predicted octanol–water partition coefficient (Wildman–Crippen LogP) is 3.25. The van der Waals surface area contributed by atoms with Crippen LogP contribution in [-0.4, -0.2) is 50.3 Å². The van der Waals surface area contributed by atoms with Crippen molar-refractivity contribution in [3.8, 4) is 5.75 Å². The third-order valence-electron chi connectivity index (χ3n) is 4.93. The Kier molecular flexibility index (Phi) is 6.46. The molecule has 23 heavy (non-hydrogen) atoms. The van der Waals surface area contributed by atoms with Crippen LogP contribution < -0.4 is 4.74 Å². The normalized spacial score (nSPS) is 17.3. The summed E-state index contributed by atoms with van der Waals surface area (Å²) < 4.78 is 11.8. The van der Waals surface area contributed by atoms with Crippen molar-refractivity contribution in [2.45, 2.75) is 39.5 Å². The Morgan fingerprint density at radius 3 is 2.26 bits per heavy atom. The summed E-state index contributed by atoms with van der Waals surface area (Å²) in [4.78, 5) is 11.9. The van der Waals surface area contributed by atoms with Crippen molar-refractivity contribution in [3.63, 3.8) is 0 Å². The van der Waals surface area contributed by atoms with Crippen LogP contribution in [0.4, 0.5) is 0 Å². The number of ether oxygens (including phenoxy) is 2. The van der Waals surface area contributed by atoms with Gasteiger partial charge in [0.05, 0.1) is 20.2 Å².